The van der Waals surface area contributed by atoms with E-state index in [2.05, 4.69) is 34.8 Å². The smallest absolute Gasteiger partial charge is 0.279 e. The number of rotatable bonds is 7. The van der Waals surface area contributed by atoms with Crippen LogP contribution in [-0.2, 0) is 23.5 Å². The molecule has 1 heterocycles. The molecular formula is C25H24ClN3O3S2. The number of thiazole rings is 1. The molecule has 34 heavy (non-hydrogen) atoms. The molecule has 0 atom stereocenters. The monoisotopic (exact) mass is 513 g/mol. The maximum Gasteiger partial charge on any atom is 0.279 e. The standard InChI is InChI=1S/C25H24ClN3O3S2/c1-3-4-6-17-9-14-22-23(15-17)33-25(29(22)2)27-24(30)18-7-5-8-20(16-18)28-34(31,32)21-12-10-19(26)11-13-21/h5,7-16,28H,3-4,6H2,1-2H3. The van der Waals surface area contributed by atoms with Crippen LogP contribution in [-0.4, -0.2) is 18.9 Å². The average Bonchev–Trinajstić information content (AvgIpc) is 3.12. The van der Waals surface area contributed by atoms with Gasteiger partial charge in [0, 0.05) is 23.3 Å². The molecule has 0 aliphatic rings. The van der Waals surface area contributed by atoms with E-state index in [1.807, 2.05) is 11.6 Å². The van der Waals surface area contributed by atoms with Crippen molar-refractivity contribution < 1.29 is 13.2 Å². The molecule has 0 radical (unpaired) electrons. The van der Waals surface area contributed by atoms with Crippen molar-refractivity contribution in [3.05, 3.63) is 87.7 Å². The number of sulfonamides is 1. The average molecular weight is 514 g/mol. The van der Waals surface area contributed by atoms with Crippen molar-refractivity contribution in [2.24, 2.45) is 12.0 Å². The molecule has 3 aromatic carbocycles. The number of fused-ring (bicyclic) bond motifs is 1. The maximum atomic E-state index is 12.9. The number of carbonyl (C=O) groups excluding carboxylic acids is 1. The van der Waals surface area contributed by atoms with Gasteiger partial charge in [0.15, 0.2) is 4.80 Å². The minimum atomic E-state index is -3.82. The molecule has 0 unspecified atom stereocenters. The van der Waals surface area contributed by atoms with Crippen LogP contribution in [0.5, 0.6) is 0 Å². The molecule has 0 bridgehead atoms. The second kappa shape index (κ2) is 10.1. The number of anilines is 1. The Morgan fingerprint density at radius 2 is 1.85 bits per heavy atom. The SMILES string of the molecule is CCCCc1ccc2c(c1)sc(=NC(=O)c1cccc(NS(=O)(=O)c3ccc(Cl)cc3)c1)n2C. The van der Waals surface area contributed by atoms with Crippen LogP contribution in [0.25, 0.3) is 10.2 Å². The lowest BCUT2D eigenvalue weighted by Gasteiger charge is -2.09. The molecule has 0 saturated heterocycles. The van der Waals surface area contributed by atoms with Gasteiger partial charge in [-0.05, 0) is 73.0 Å². The van der Waals surface area contributed by atoms with Crippen molar-refractivity contribution in [2.45, 2.75) is 31.1 Å². The van der Waals surface area contributed by atoms with E-state index in [1.54, 1.807) is 18.2 Å². The van der Waals surface area contributed by atoms with E-state index in [9.17, 15) is 13.2 Å². The molecule has 176 valence electrons. The van der Waals surface area contributed by atoms with E-state index in [0.717, 1.165) is 29.5 Å². The molecule has 9 heteroatoms. The first kappa shape index (κ1) is 24.2. The lowest BCUT2D eigenvalue weighted by Crippen LogP contribution is -2.14. The van der Waals surface area contributed by atoms with Gasteiger partial charge in [-0.15, -0.1) is 0 Å². The zero-order chi connectivity index (χ0) is 24.3. The number of aryl methyl sites for hydroxylation is 2. The molecule has 0 saturated carbocycles. The number of hydrogen-bond acceptors (Lipinski definition) is 4. The number of nitrogens with zero attached hydrogens (tertiary/aromatic N) is 2. The molecule has 0 aliphatic carbocycles. The highest BCUT2D eigenvalue weighted by Gasteiger charge is 2.15. The maximum absolute atomic E-state index is 12.9. The number of amides is 1. The normalized spacial score (nSPS) is 12.3. The van der Waals surface area contributed by atoms with E-state index >= 15 is 0 Å². The van der Waals surface area contributed by atoms with Crippen molar-refractivity contribution in [3.8, 4) is 0 Å². The fraction of sp³-hybridized carbons (Fsp3) is 0.200. The predicted molar refractivity (Wildman–Crippen MR) is 138 cm³/mol. The molecule has 6 nitrogen and oxygen atoms in total. The summed E-state index contributed by atoms with van der Waals surface area (Å²) in [6.07, 6.45) is 3.30. The number of unbranched alkanes of at least 4 members (excludes halogenated alkanes) is 1. The summed E-state index contributed by atoms with van der Waals surface area (Å²) < 4.78 is 30.8. The molecular weight excluding hydrogens is 490 g/mol. The quantitative estimate of drug-likeness (QED) is 0.340. The highest BCUT2D eigenvalue weighted by molar-refractivity contribution is 7.92. The number of halogens is 1. The third-order valence-electron chi connectivity index (χ3n) is 5.38. The van der Waals surface area contributed by atoms with Crippen LogP contribution in [0.2, 0.25) is 5.02 Å². The summed E-state index contributed by atoms with van der Waals surface area (Å²) in [4.78, 5) is 17.9. The Morgan fingerprint density at radius 3 is 2.59 bits per heavy atom. The van der Waals surface area contributed by atoms with E-state index in [0.29, 0.717) is 9.82 Å². The number of hydrogen-bond donors (Lipinski definition) is 1. The summed E-state index contributed by atoms with van der Waals surface area (Å²) in [6, 6.07) is 18.5. The molecule has 1 N–H and O–H groups in total. The van der Waals surface area contributed by atoms with Gasteiger partial charge in [-0.25, -0.2) is 8.42 Å². The molecule has 0 spiro atoms. The van der Waals surface area contributed by atoms with E-state index in [-0.39, 0.29) is 16.1 Å². The van der Waals surface area contributed by atoms with Gasteiger partial charge in [0.05, 0.1) is 15.1 Å². The Morgan fingerprint density at radius 1 is 1.09 bits per heavy atom. The lowest BCUT2D eigenvalue weighted by molar-refractivity contribution is 0.0998. The molecule has 0 fully saturated rings. The van der Waals surface area contributed by atoms with E-state index < -0.39 is 15.9 Å². The van der Waals surface area contributed by atoms with Crippen LogP contribution in [0.15, 0.2) is 76.6 Å². The summed E-state index contributed by atoms with van der Waals surface area (Å²) in [7, 11) is -1.94. The minimum Gasteiger partial charge on any atom is -0.319 e. The molecule has 1 aromatic heterocycles. The van der Waals surface area contributed by atoms with Gasteiger partial charge in [-0.1, -0.05) is 48.4 Å². The molecule has 0 aliphatic heterocycles. The number of carbonyl (C=O) groups is 1. The Labute approximate surface area is 207 Å². The minimum absolute atomic E-state index is 0.0777. The summed E-state index contributed by atoms with van der Waals surface area (Å²) in [5, 5.41) is 0.444. The van der Waals surface area contributed by atoms with Crippen molar-refractivity contribution in [1.29, 1.82) is 0 Å². The first-order valence-corrected chi connectivity index (χ1v) is 13.5. The van der Waals surface area contributed by atoms with Gasteiger partial charge in [0.1, 0.15) is 0 Å². The van der Waals surface area contributed by atoms with Gasteiger partial charge >= 0.3 is 0 Å². The molecule has 4 rings (SSSR count). The third-order valence-corrected chi connectivity index (χ3v) is 8.12. The van der Waals surface area contributed by atoms with E-state index in [4.69, 9.17) is 11.6 Å². The van der Waals surface area contributed by atoms with Gasteiger partial charge in [0.25, 0.3) is 15.9 Å². The summed E-state index contributed by atoms with van der Waals surface area (Å²) in [5.74, 6) is -0.444. The van der Waals surface area contributed by atoms with Crippen molar-refractivity contribution in [2.75, 3.05) is 4.72 Å². The lowest BCUT2D eigenvalue weighted by atomic mass is 10.1. The summed E-state index contributed by atoms with van der Waals surface area (Å²) >= 11 is 7.31. The fourth-order valence-corrected chi connectivity index (χ4v) is 5.77. The van der Waals surface area contributed by atoms with Crippen LogP contribution >= 0.6 is 22.9 Å². The van der Waals surface area contributed by atoms with Gasteiger partial charge in [0.2, 0.25) is 0 Å². The van der Waals surface area contributed by atoms with Crippen molar-refractivity contribution in [1.82, 2.24) is 4.57 Å². The van der Waals surface area contributed by atoms with Gasteiger partial charge < -0.3 is 4.57 Å². The van der Waals surface area contributed by atoms with E-state index in [1.165, 1.54) is 47.2 Å². The Balaban J connectivity index is 1.60. The van der Waals surface area contributed by atoms with Crippen LogP contribution in [0.1, 0.15) is 35.7 Å². The number of nitrogens with one attached hydrogen (secondary N) is 1. The van der Waals surface area contributed by atoms with Crippen LogP contribution < -0.4 is 9.52 Å². The number of benzene rings is 3. The van der Waals surface area contributed by atoms with Crippen molar-refractivity contribution >= 4 is 54.8 Å². The van der Waals surface area contributed by atoms with Crippen LogP contribution in [0.3, 0.4) is 0 Å². The second-order valence-corrected chi connectivity index (χ2v) is 11.0. The fourth-order valence-electron chi connectivity index (χ4n) is 3.52. The molecule has 4 aromatic rings. The number of aromatic nitrogens is 1. The molecule has 1 amide bonds. The van der Waals surface area contributed by atoms with Crippen LogP contribution in [0, 0.1) is 0 Å². The zero-order valence-corrected chi connectivity index (χ0v) is 21.2. The Bertz CT molecular complexity index is 1520. The zero-order valence-electron chi connectivity index (χ0n) is 18.8. The highest BCUT2D eigenvalue weighted by atomic mass is 35.5. The topological polar surface area (TPSA) is 80.5 Å². The van der Waals surface area contributed by atoms with Crippen LogP contribution in [0.4, 0.5) is 5.69 Å². The van der Waals surface area contributed by atoms with Gasteiger partial charge in [-0.3, -0.25) is 9.52 Å². The highest BCUT2D eigenvalue weighted by Crippen LogP contribution is 2.21. The first-order valence-electron chi connectivity index (χ1n) is 10.8. The summed E-state index contributed by atoms with van der Waals surface area (Å²) in [5.41, 5.74) is 2.85. The largest absolute Gasteiger partial charge is 0.319 e. The third kappa shape index (κ3) is 5.41. The predicted octanol–water partition coefficient (Wildman–Crippen LogP) is 5.78. The van der Waals surface area contributed by atoms with Gasteiger partial charge in [-0.2, -0.15) is 4.99 Å². The summed E-state index contributed by atoms with van der Waals surface area (Å²) in [6.45, 7) is 2.17. The van der Waals surface area contributed by atoms with Crippen molar-refractivity contribution in [3.63, 3.8) is 0 Å². The Hall–Kier alpha value is -2.94. The Kier molecular flexibility index (Phi) is 7.21. The second-order valence-electron chi connectivity index (χ2n) is 7.91. The first-order chi connectivity index (χ1) is 16.3.